The summed E-state index contributed by atoms with van der Waals surface area (Å²) in [4.78, 5) is 13.0. The number of thioether (sulfide) groups is 1. The number of aryl methyl sites for hydroxylation is 1. The number of hydrogen-bond donors (Lipinski definition) is 1. The maximum atomic E-state index is 12.0. The Bertz CT molecular complexity index is 996. The van der Waals surface area contributed by atoms with Crippen LogP contribution in [0.3, 0.4) is 0 Å². The van der Waals surface area contributed by atoms with Gasteiger partial charge in [-0.25, -0.2) is 5.43 Å². The van der Waals surface area contributed by atoms with Crippen LogP contribution in [0.1, 0.15) is 17.0 Å². The van der Waals surface area contributed by atoms with E-state index in [1.807, 2.05) is 56.3 Å². The monoisotopic (exact) mass is 431 g/mol. The molecule has 1 heterocycles. The maximum absolute atomic E-state index is 12.0. The van der Waals surface area contributed by atoms with Gasteiger partial charge < -0.3 is 4.57 Å². The predicted molar refractivity (Wildman–Crippen MR) is 118 cm³/mol. The van der Waals surface area contributed by atoms with Gasteiger partial charge in [-0.15, -0.1) is 11.8 Å². The molecule has 0 saturated carbocycles. The number of rotatable bonds is 6. The number of aromatic nitrogens is 1. The second kappa shape index (κ2) is 9.32. The Morgan fingerprint density at radius 3 is 2.32 bits per heavy atom. The number of amides is 1. The van der Waals surface area contributed by atoms with Crippen molar-refractivity contribution in [3.05, 3.63) is 81.6 Å². The predicted octanol–water partition coefficient (Wildman–Crippen LogP) is 5.64. The van der Waals surface area contributed by atoms with Crippen LogP contribution in [-0.2, 0) is 4.79 Å². The highest BCUT2D eigenvalue weighted by atomic mass is 35.5. The van der Waals surface area contributed by atoms with E-state index in [-0.39, 0.29) is 11.7 Å². The van der Waals surface area contributed by atoms with E-state index in [0.717, 1.165) is 27.5 Å². The Hall–Kier alpha value is -2.21. The maximum Gasteiger partial charge on any atom is 0.250 e. The normalized spacial score (nSPS) is 11.1. The molecule has 7 heteroatoms. The smallest absolute Gasteiger partial charge is 0.250 e. The fourth-order valence-electron chi connectivity index (χ4n) is 2.79. The number of nitrogens with one attached hydrogen (secondary N) is 1. The lowest BCUT2D eigenvalue weighted by Gasteiger charge is -2.09. The molecule has 0 bridgehead atoms. The summed E-state index contributed by atoms with van der Waals surface area (Å²) >= 11 is 13.3. The van der Waals surface area contributed by atoms with Crippen LogP contribution in [0.25, 0.3) is 5.69 Å². The third-order valence-electron chi connectivity index (χ3n) is 4.13. The van der Waals surface area contributed by atoms with E-state index in [9.17, 15) is 4.79 Å². The van der Waals surface area contributed by atoms with Crippen molar-refractivity contribution in [3.8, 4) is 5.69 Å². The van der Waals surface area contributed by atoms with Gasteiger partial charge in [0.2, 0.25) is 5.91 Å². The summed E-state index contributed by atoms with van der Waals surface area (Å²) in [6.45, 7) is 4.04. The van der Waals surface area contributed by atoms with E-state index >= 15 is 0 Å². The Morgan fingerprint density at radius 2 is 1.68 bits per heavy atom. The molecule has 2 aromatic carbocycles. The van der Waals surface area contributed by atoms with E-state index in [1.165, 1.54) is 11.8 Å². The minimum Gasteiger partial charge on any atom is -0.318 e. The molecule has 3 rings (SSSR count). The molecule has 4 nitrogen and oxygen atoms in total. The zero-order valence-corrected chi connectivity index (χ0v) is 17.8. The van der Waals surface area contributed by atoms with Crippen molar-refractivity contribution in [1.29, 1.82) is 0 Å². The lowest BCUT2D eigenvalue weighted by molar-refractivity contribution is -0.118. The highest BCUT2D eigenvalue weighted by molar-refractivity contribution is 8.00. The largest absolute Gasteiger partial charge is 0.318 e. The standard InChI is InChI=1S/C21H19Cl2N3OS/c1-14-11-16(15(2)26(14)19-7-3-17(22)4-8-19)12-24-25-21(27)13-28-20-9-5-18(23)6-10-20/h3-12H,13H2,1-2H3,(H,25,27)/b24-12+. The second-order valence-corrected chi connectivity index (χ2v) is 8.10. The quantitative estimate of drug-likeness (QED) is 0.311. The average Bonchev–Trinajstić information content (AvgIpc) is 2.96. The molecule has 144 valence electrons. The lowest BCUT2D eigenvalue weighted by atomic mass is 10.2. The minimum absolute atomic E-state index is 0.164. The molecule has 0 aliphatic rings. The van der Waals surface area contributed by atoms with Crippen LogP contribution in [-0.4, -0.2) is 22.4 Å². The first-order valence-corrected chi connectivity index (χ1v) is 10.3. The number of halogens is 2. The SMILES string of the molecule is Cc1cc(/C=N/NC(=O)CSc2ccc(Cl)cc2)c(C)n1-c1ccc(Cl)cc1. The first-order chi connectivity index (χ1) is 13.4. The van der Waals surface area contributed by atoms with Gasteiger partial charge in [0.15, 0.2) is 0 Å². The van der Waals surface area contributed by atoms with Gasteiger partial charge in [-0.1, -0.05) is 23.2 Å². The van der Waals surface area contributed by atoms with Crippen molar-refractivity contribution >= 4 is 47.1 Å². The van der Waals surface area contributed by atoms with Gasteiger partial charge in [0.25, 0.3) is 0 Å². The molecule has 0 aliphatic carbocycles. The number of benzene rings is 2. The van der Waals surface area contributed by atoms with Crippen LogP contribution < -0.4 is 5.43 Å². The summed E-state index contributed by atoms with van der Waals surface area (Å²) < 4.78 is 2.12. The van der Waals surface area contributed by atoms with Crippen molar-refractivity contribution < 1.29 is 4.79 Å². The van der Waals surface area contributed by atoms with Crippen LogP contribution >= 0.6 is 35.0 Å². The average molecular weight is 432 g/mol. The summed E-state index contributed by atoms with van der Waals surface area (Å²) in [7, 11) is 0. The first kappa shape index (κ1) is 20.5. The third kappa shape index (κ3) is 5.19. The number of hydrazone groups is 1. The molecule has 0 radical (unpaired) electrons. The van der Waals surface area contributed by atoms with E-state index in [4.69, 9.17) is 23.2 Å². The molecule has 0 saturated heterocycles. The van der Waals surface area contributed by atoms with Crippen molar-refractivity contribution in [2.24, 2.45) is 5.10 Å². The molecule has 0 atom stereocenters. The zero-order valence-electron chi connectivity index (χ0n) is 15.4. The Labute approximate surface area is 178 Å². The molecular formula is C21H19Cl2N3OS. The molecule has 0 aliphatic heterocycles. The summed E-state index contributed by atoms with van der Waals surface area (Å²) in [5, 5.41) is 5.47. The minimum atomic E-state index is -0.164. The second-order valence-electron chi connectivity index (χ2n) is 6.17. The van der Waals surface area contributed by atoms with Crippen LogP contribution in [0.5, 0.6) is 0 Å². The zero-order chi connectivity index (χ0) is 20.1. The fraction of sp³-hybridized carbons (Fsp3) is 0.143. The molecule has 0 fully saturated rings. The van der Waals surface area contributed by atoms with Crippen molar-refractivity contribution in [2.75, 3.05) is 5.75 Å². The molecule has 1 aromatic heterocycles. The molecule has 1 N–H and O–H groups in total. The number of hydrogen-bond acceptors (Lipinski definition) is 3. The molecule has 0 spiro atoms. The number of carbonyl (C=O) groups is 1. The van der Waals surface area contributed by atoms with Crippen molar-refractivity contribution in [2.45, 2.75) is 18.7 Å². The summed E-state index contributed by atoms with van der Waals surface area (Å²) in [5.41, 5.74) is 6.66. The van der Waals surface area contributed by atoms with E-state index < -0.39 is 0 Å². The van der Waals surface area contributed by atoms with E-state index in [1.54, 1.807) is 18.3 Å². The van der Waals surface area contributed by atoms with Gasteiger partial charge in [-0.3, -0.25) is 4.79 Å². The highest BCUT2D eigenvalue weighted by Gasteiger charge is 2.09. The lowest BCUT2D eigenvalue weighted by Crippen LogP contribution is -2.19. The van der Waals surface area contributed by atoms with Crippen LogP contribution in [0.15, 0.2) is 64.6 Å². The van der Waals surface area contributed by atoms with Crippen molar-refractivity contribution in [1.82, 2.24) is 9.99 Å². The third-order valence-corrected chi connectivity index (χ3v) is 5.65. The molecule has 28 heavy (non-hydrogen) atoms. The first-order valence-electron chi connectivity index (χ1n) is 8.59. The van der Waals surface area contributed by atoms with Gasteiger partial charge >= 0.3 is 0 Å². The van der Waals surface area contributed by atoms with E-state index in [2.05, 4.69) is 15.1 Å². The van der Waals surface area contributed by atoms with Gasteiger partial charge in [0.05, 0.1) is 12.0 Å². The van der Waals surface area contributed by atoms with Gasteiger partial charge in [0, 0.05) is 37.6 Å². The molecule has 1 amide bonds. The summed E-state index contributed by atoms with van der Waals surface area (Å²) in [6, 6.07) is 17.1. The Kier molecular flexibility index (Phi) is 6.83. The van der Waals surface area contributed by atoms with Crippen LogP contribution in [0.4, 0.5) is 0 Å². The number of carbonyl (C=O) groups excluding carboxylic acids is 1. The van der Waals surface area contributed by atoms with Gasteiger partial charge in [-0.05, 0) is 68.4 Å². The van der Waals surface area contributed by atoms with Crippen LogP contribution in [0, 0.1) is 13.8 Å². The van der Waals surface area contributed by atoms with Crippen molar-refractivity contribution in [3.63, 3.8) is 0 Å². The summed E-state index contributed by atoms with van der Waals surface area (Å²) in [5.74, 6) is 0.116. The highest BCUT2D eigenvalue weighted by Crippen LogP contribution is 2.22. The molecule has 0 unspecified atom stereocenters. The Balaban J connectivity index is 1.61. The number of nitrogens with zero attached hydrogens (tertiary/aromatic N) is 2. The van der Waals surface area contributed by atoms with Crippen LogP contribution in [0.2, 0.25) is 10.0 Å². The molecule has 3 aromatic rings. The van der Waals surface area contributed by atoms with E-state index in [0.29, 0.717) is 10.0 Å². The summed E-state index contributed by atoms with van der Waals surface area (Å²) in [6.07, 6.45) is 1.67. The Morgan fingerprint density at radius 1 is 1.07 bits per heavy atom. The fourth-order valence-corrected chi connectivity index (χ4v) is 3.73. The van der Waals surface area contributed by atoms with Gasteiger partial charge in [0.1, 0.15) is 0 Å². The topological polar surface area (TPSA) is 46.4 Å². The molecular weight excluding hydrogens is 413 g/mol. The van der Waals surface area contributed by atoms with Gasteiger partial charge in [-0.2, -0.15) is 5.10 Å².